The van der Waals surface area contributed by atoms with E-state index >= 15 is 0 Å². The van der Waals surface area contributed by atoms with Gasteiger partial charge in [0.15, 0.2) is 0 Å². The van der Waals surface area contributed by atoms with Crippen LogP contribution >= 0.6 is 0 Å². The van der Waals surface area contributed by atoms with Gasteiger partial charge in [0.25, 0.3) is 0 Å². The first kappa shape index (κ1) is 12.0. The number of likely N-dealkylation sites (tertiary alicyclic amines) is 1. The van der Waals surface area contributed by atoms with E-state index in [0.717, 1.165) is 25.4 Å². The van der Waals surface area contributed by atoms with Crippen molar-refractivity contribution in [3.63, 3.8) is 0 Å². The van der Waals surface area contributed by atoms with Gasteiger partial charge in [0, 0.05) is 18.6 Å². The van der Waals surface area contributed by atoms with Crippen LogP contribution in [0.25, 0.3) is 0 Å². The standard InChI is InChI=1S/C11H24N2O/c1-3-9-5-6-13(7-9)11(8-14)10(12)4-2/h9-11,14H,3-8,12H2,1-2H3. The Morgan fingerprint density at radius 1 is 1.50 bits per heavy atom. The van der Waals surface area contributed by atoms with Crippen molar-refractivity contribution in [2.45, 2.75) is 45.2 Å². The van der Waals surface area contributed by atoms with Gasteiger partial charge in [0.1, 0.15) is 0 Å². The lowest BCUT2D eigenvalue weighted by molar-refractivity contribution is 0.120. The van der Waals surface area contributed by atoms with Crippen LogP contribution < -0.4 is 5.73 Å². The average Bonchev–Trinajstić information content (AvgIpc) is 2.67. The van der Waals surface area contributed by atoms with Crippen LogP contribution in [0, 0.1) is 5.92 Å². The van der Waals surface area contributed by atoms with Crippen molar-refractivity contribution in [2.75, 3.05) is 19.7 Å². The first-order chi connectivity index (χ1) is 6.72. The molecule has 1 fully saturated rings. The minimum absolute atomic E-state index is 0.121. The highest BCUT2D eigenvalue weighted by Crippen LogP contribution is 2.22. The topological polar surface area (TPSA) is 49.5 Å². The highest BCUT2D eigenvalue weighted by Gasteiger charge is 2.29. The molecule has 3 unspecified atom stereocenters. The number of hydrogen-bond donors (Lipinski definition) is 2. The van der Waals surface area contributed by atoms with E-state index in [1.165, 1.54) is 12.8 Å². The first-order valence-electron chi connectivity index (χ1n) is 5.83. The quantitative estimate of drug-likeness (QED) is 0.690. The molecule has 84 valence electrons. The third-order valence-corrected chi connectivity index (χ3v) is 3.52. The third kappa shape index (κ3) is 2.69. The van der Waals surface area contributed by atoms with Crippen molar-refractivity contribution in [2.24, 2.45) is 11.7 Å². The maximum atomic E-state index is 9.33. The van der Waals surface area contributed by atoms with Gasteiger partial charge in [-0.2, -0.15) is 0 Å². The molecular formula is C11H24N2O. The lowest BCUT2D eigenvalue weighted by atomic mass is 10.1. The van der Waals surface area contributed by atoms with Gasteiger partial charge in [-0.1, -0.05) is 20.3 Å². The molecule has 3 heteroatoms. The van der Waals surface area contributed by atoms with Crippen molar-refractivity contribution in [1.29, 1.82) is 0 Å². The summed E-state index contributed by atoms with van der Waals surface area (Å²) in [5.41, 5.74) is 5.99. The Hall–Kier alpha value is -0.120. The van der Waals surface area contributed by atoms with Crippen molar-refractivity contribution < 1.29 is 5.11 Å². The van der Waals surface area contributed by atoms with Gasteiger partial charge >= 0.3 is 0 Å². The van der Waals surface area contributed by atoms with E-state index in [-0.39, 0.29) is 18.7 Å². The molecule has 1 saturated heterocycles. The zero-order valence-electron chi connectivity index (χ0n) is 9.45. The molecule has 0 radical (unpaired) electrons. The Kier molecular flexibility index (Phi) is 4.85. The van der Waals surface area contributed by atoms with E-state index in [1.54, 1.807) is 0 Å². The predicted molar refractivity (Wildman–Crippen MR) is 59.1 cm³/mol. The summed E-state index contributed by atoms with van der Waals surface area (Å²) in [5.74, 6) is 0.813. The third-order valence-electron chi connectivity index (χ3n) is 3.52. The van der Waals surface area contributed by atoms with E-state index in [2.05, 4.69) is 18.7 Å². The van der Waals surface area contributed by atoms with Gasteiger partial charge in [0.2, 0.25) is 0 Å². The molecule has 0 amide bonds. The summed E-state index contributed by atoms with van der Waals surface area (Å²) < 4.78 is 0. The molecule has 0 aromatic carbocycles. The molecule has 0 aromatic rings. The summed E-state index contributed by atoms with van der Waals surface area (Å²) in [6, 6.07) is 0.298. The van der Waals surface area contributed by atoms with Crippen molar-refractivity contribution >= 4 is 0 Å². The Labute approximate surface area is 87.3 Å². The lowest BCUT2D eigenvalue weighted by Crippen LogP contribution is -2.48. The normalized spacial score (nSPS) is 27.9. The molecule has 1 aliphatic heterocycles. The minimum Gasteiger partial charge on any atom is -0.395 e. The van der Waals surface area contributed by atoms with E-state index in [9.17, 15) is 5.11 Å². The fraction of sp³-hybridized carbons (Fsp3) is 1.00. The van der Waals surface area contributed by atoms with Crippen LogP contribution in [0.5, 0.6) is 0 Å². The largest absolute Gasteiger partial charge is 0.395 e. The molecule has 0 aliphatic carbocycles. The average molecular weight is 200 g/mol. The monoisotopic (exact) mass is 200 g/mol. The van der Waals surface area contributed by atoms with E-state index in [1.807, 2.05) is 0 Å². The van der Waals surface area contributed by atoms with Crippen molar-refractivity contribution in [3.05, 3.63) is 0 Å². The molecule has 0 saturated carbocycles. The SMILES string of the molecule is CCC1CCN(C(CO)C(N)CC)C1. The summed E-state index contributed by atoms with van der Waals surface area (Å²) >= 11 is 0. The maximum Gasteiger partial charge on any atom is 0.0601 e. The van der Waals surface area contributed by atoms with E-state index in [0.29, 0.717) is 0 Å². The number of hydrogen-bond acceptors (Lipinski definition) is 3. The first-order valence-corrected chi connectivity index (χ1v) is 5.83. The summed E-state index contributed by atoms with van der Waals surface area (Å²) in [6.07, 6.45) is 3.46. The predicted octanol–water partition coefficient (Wildman–Crippen LogP) is 0.816. The molecule has 1 heterocycles. The van der Waals surface area contributed by atoms with Crippen LogP contribution in [0.2, 0.25) is 0 Å². The fourth-order valence-corrected chi connectivity index (χ4v) is 2.29. The van der Waals surface area contributed by atoms with E-state index in [4.69, 9.17) is 5.73 Å². The van der Waals surface area contributed by atoms with Crippen LogP contribution in [0.3, 0.4) is 0 Å². The van der Waals surface area contributed by atoms with Crippen molar-refractivity contribution in [3.8, 4) is 0 Å². The fourth-order valence-electron chi connectivity index (χ4n) is 2.29. The smallest absolute Gasteiger partial charge is 0.0601 e. The van der Waals surface area contributed by atoms with Gasteiger partial charge in [-0.15, -0.1) is 0 Å². The van der Waals surface area contributed by atoms with Crippen LogP contribution in [-0.4, -0.2) is 41.8 Å². The molecule has 3 atom stereocenters. The zero-order valence-corrected chi connectivity index (χ0v) is 9.45. The number of aliphatic hydroxyl groups excluding tert-OH is 1. The molecular weight excluding hydrogens is 176 g/mol. The number of aliphatic hydroxyl groups is 1. The molecule has 1 aliphatic rings. The summed E-state index contributed by atoms with van der Waals surface area (Å²) in [7, 11) is 0. The second kappa shape index (κ2) is 5.69. The van der Waals surface area contributed by atoms with Gasteiger partial charge < -0.3 is 10.8 Å². The summed E-state index contributed by atoms with van der Waals surface area (Å²) in [5, 5.41) is 9.33. The Morgan fingerprint density at radius 2 is 2.21 bits per heavy atom. The van der Waals surface area contributed by atoms with Gasteiger partial charge in [-0.05, 0) is 25.3 Å². The maximum absolute atomic E-state index is 9.33. The number of rotatable bonds is 5. The minimum atomic E-state index is 0.121. The van der Waals surface area contributed by atoms with Gasteiger partial charge in [0.05, 0.1) is 6.61 Å². The van der Waals surface area contributed by atoms with Crippen LogP contribution in [0.4, 0.5) is 0 Å². The van der Waals surface area contributed by atoms with E-state index < -0.39 is 0 Å². The summed E-state index contributed by atoms with van der Waals surface area (Å²) in [6.45, 7) is 6.75. The van der Waals surface area contributed by atoms with Crippen molar-refractivity contribution in [1.82, 2.24) is 4.90 Å². The Morgan fingerprint density at radius 3 is 2.64 bits per heavy atom. The van der Waals surface area contributed by atoms with Crippen LogP contribution in [-0.2, 0) is 0 Å². The number of nitrogens with zero attached hydrogens (tertiary/aromatic N) is 1. The van der Waals surface area contributed by atoms with Crippen LogP contribution in [0.1, 0.15) is 33.1 Å². The highest BCUT2D eigenvalue weighted by molar-refractivity contribution is 4.86. The van der Waals surface area contributed by atoms with Crippen LogP contribution in [0.15, 0.2) is 0 Å². The lowest BCUT2D eigenvalue weighted by Gasteiger charge is -2.30. The van der Waals surface area contributed by atoms with Gasteiger partial charge in [-0.3, -0.25) is 4.90 Å². The Bertz CT molecular complexity index is 163. The molecule has 3 nitrogen and oxygen atoms in total. The molecule has 1 rings (SSSR count). The number of nitrogens with two attached hydrogens (primary N) is 1. The second-order valence-corrected chi connectivity index (χ2v) is 4.38. The second-order valence-electron chi connectivity index (χ2n) is 4.38. The highest BCUT2D eigenvalue weighted by atomic mass is 16.3. The molecule has 14 heavy (non-hydrogen) atoms. The Balaban J connectivity index is 2.46. The molecule has 0 aromatic heterocycles. The molecule has 0 spiro atoms. The van der Waals surface area contributed by atoms with Gasteiger partial charge in [-0.25, -0.2) is 0 Å². The molecule has 0 bridgehead atoms. The zero-order chi connectivity index (χ0) is 10.6. The summed E-state index contributed by atoms with van der Waals surface area (Å²) in [4.78, 5) is 2.36. The molecule has 3 N–H and O–H groups in total.